The quantitative estimate of drug-likeness (QED) is 0.758. The Morgan fingerprint density at radius 3 is 2.83 bits per heavy atom. The van der Waals surface area contributed by atoms with Crippen LogP contribution >= 0.6 is 0 Å². The number of hydrogen-bond acceptors (Lipinski definition) is 3. The number of carbonyl (C=O) groups excluding carboxylic acids is 1. The molecule has 1 saturated carbocycles. The smallest absolute Gasteiger partial charge is 0.315 e. The van der Waals surface area contributed by atoms with Crippen molar-refractivity contribution >= 4 is 6.03 Å². The van der Waals surface area contributed by atoms with Crippen LogP contribution in [0.4, 0.5) is 4.79 Å². The number of carbonyl (C=O) groups is 1. The first-order valence-corrected chi connectivity index (χ1v) is 7.81. The van der Waals surface area contributed by atoms with Crippen LogP contribution in [-0.2, 0) is 13.6 Å². The highest BCUT2D eigenvalue weighted by atomic mass is 16.3. The molecule has 122 valence electrons. The molecule has 2 aromatic rings. The standard InChI is InChI=1S/C17H22N4O2/c1-21-10-15(9-20-21)14-4-2-3-13(7-14)8-18-16(23)19-11-17(12-22)5-6-17/h2-4,7,9-10,22H,5-6,8,11-12H2,1H3,(H2,18,19,23). The van der Waals surface area contributed by atoms with Crippen LogP contribution in [0.15, 0.2) is 36.7 Å². The minimum absolute atomic E-state index is 0.0719. The molecule has 1 aliphatic rings. The molecule has 0 radical (unpaired) electrons. The fourth-order valence-corrected chi connectivity index (χ4v) is 2.51. The number of benzene rings is 1. The highest BCUT2D eigenvalue weighted by molar-refractivity contribution is 5.74. The summed E-state index contributed by atoms with van der Waals surface area (Å²) in [5.74, 6) is 0. The summed E-state index contributed by atoms with van der Waals surface area (Å²) in [6, 6.07) is 7.83. The van der Waals surface area contributed by atoms with Crippen molar-refractivity contribution in [2.24, 2.45) is 12.5 Å². The van der Waals surface area contributed by atoms with Crippen molar-refractivity contribution in [2.45, 2.75) is 19.4 Å². The monoisotopic (exact) mass is 314 g/mol. The number of rotatable bonds is 6. The number of aryl methyl sites for hydroxylation is 1. The molecule has 6 heteroatoms. The summed E-state index contributed by atoms with van der Waals surface area (Å²) in [5.41, 5.74) is 3.09. The molecule has 3 rings (SSSR count). The first kappa shape index (κ1) is 15.6. The van der Waals surface area contributed by atoms with Gasteiger partial charge < -0.3 is 15.7 Å². The van der Waals surface area contributed by atoms with Crippen LogP contribution in [0, 0.1) is 5.41 Å². The lowest BCUT2D eigenvalue weighted by Gasteiger charge is -2.13. The first-order chi connectivity index (χ1) is 11.1. The minimum Gasteiger partial charge on any atom is -0.396 e. The van der Waals surface area contributed by atoms with Crippen LogP contribution in [0.2, 0.25) is 0 Å². The summed E-state index contributed by atoms with van der Waals surface area (Å²) >= 11 is 0. The molecule has 1 aliphatic carbocycles. The fraction of sp³-hybridized carbons (Fsp3) is 0.412. The summed E-state index contributed by atoms with van der Waals surface area (Å²) in [4.78, 5) is 11.8. The molecule has 2 amide bonds. The van der Waals surface area contributed by atoms with E-state index in [1.54, 1.807) is 4.68 Å². The van der Waals surface area contributed by atoms with Crippen molar-refractivity contribution in [3.05, 3.63) is 42.2 Å². The van der Waals surface area contributed by atoms with Gasteiger partial charge >= 0.3 is 6.03 Å². The van der Waals surface area contributed by atoms with Gasteiger partial charge in [0, 0.05) is 37.3 Å². The maximum absolute atomic E-state index is 11.8. The van der Waals surface area contributed by atoms with Gasteiger partial charge in [-0.15, -0.1) is 0 Å². The van der Waals surface area contributed by atoms with E-state index in [2.05, 4.69) is 15.7 Å². The second-order valence-electron chi connectivity index (χ2n) is 6.30. The van der Waals surface area contributed by atoms with Gasteiger partial charge in [-0.25, -0.2) is 4.79 Å². The predicted molar refractivity (Wildman–Crippen MR) is 87.6 cm³/mol. The summed E-state index contributed by atoms with van der Waals surface area (Å²) < 4.78 is 1.77. The van der Waals surface area contributed by atoms with Crippen LogP contribution in [-0.4, -0.2) is 34.1 Å². The zero-order valence-electron chi connectivity index (χ0n) is 13.2. The Kier molecular flexibility index (Phi) is 4.34. The Morgan fingerprint density at radius 1 is 1.35 bits per heavy atom. The van der Waals surface area contributed by atoms with E-state index in [4.69, 9.17) is 0 Å². The highest BCUT2D eigenvalue weighted by Gasteiger charge is 2.42. The molecule has 0 aliphatic heterocycles. The highest BCUT2D eigenvalue weighted by Crippen LogP contribution is 2.44. The van der Waals surface area contributed by atoms with E-state index in [-0.39, 0.29) is 18.1 Å². The maximum Gasteiger partial charge on any atom is 0.315 e. The van der Waals surface area contributed by atoms with E-state index >= 15 is 0 Å². The molecular weight excluding hydrogens is 292 g/mol. The molecule has 0 spiro atoms. The fourth-order valence-electron chi connectivity index (χ4n) is 2.51. The van der Waals surface area contributed by atoms with Crippen LogP contribution in [0.25, 0.3) is 11.1 Å². The number of aliphatic hydroxyl groups is 1. The van der Waals surface area contributed by atoms with Crippen LogP contribution < -0.4 is 10.6 Å². The molecule has 0 atom stereocenters. The number of hydrogen-bond donors (Lipinski definition) is 3. The third-order valence-corrected chi connectivity index (χ3v) is 4.33. The van der Waals surface area contributed by atoms with Crippen molar-refractivity contribution in [2.75, 3.05) is 13.2 Å². The van der Waals surface area contributed by atoms with Crippen LogP contribution in [0.3, 0.4) is 0 Å². The Bertz CT molecular complexity index is 691. The number of amides is 2. The molecule has 0 bridgehead atoms. The van der Waals surface area contributed by atoms with Crippen LogP contribution in [0.1, 0.15) is 18.4 Å². The summed E-state index contributed by atoms with van der Waals surface area (Å²) in [7, 11) is 1.89. The zero-order valence-corrected chi connectivity index (χ0v) is 13.2. The SMILES string of the molecule is Cn1cc(-c2cccc(CNC(=O)NCC3(CO)CC3)c2)cn1. The number of urea groups is 1. The second-order valence-corrected chi connectivity index (χ2v) is 6.30. The zero-order chi connectivity index (χ0) is 16.3. The van der Waals surface area contributed by atoms with Crippen LogP contribution in [0.5, 0.6) is 0 Å². The summed E-state index contributed by atoms with van der Waals surface area (Å²) in [5, 5.41) is 19.1. The minimum atomic E-state index is -0.198. The Balaban J connectivity index is 1.53. The lowest BCUT2D eigenvalue weighted by Crippen LogP contribution is -2.39. The molecule has 23 heavy (non-hydrogen) atoms. The molecule has 0 unspecified atom stereocenters. The molecule has 1 heterocycles. The normalized spacial score (nSPS) is 15.2. The van der Waals surface area contributed by atoms with Gasteiger partial charge in [-0.3, -0.25) is 4.68 Å². The summed E-state index contributed by atoms with van der Waals surface area (Å²) in [6.07, 6.45) is 5.75. The van der Waals surface area contributed by atoms with Gasteiger partial charge in [0.2, 0.25) is 0 Å². The molecule has 6 nitrogen and oxygen atoms in total. The van der Waals surface area contributed by atoms with Gasteiger partial charge in [-0.1, -0.05) is 18.2 Å². The van der Waals surface area contributed by atoms with Crippen molar-refractivity contribution < 1.29 is 9.90 Å². The number of nitrogens with zero attached hydrogens (tertiary/aromatic N) is 2. The summed E-state index contributed by atoms with van der Waals surface area (Å²) in [6.45, 7) is 1.14. The number of aromatic nitrogens is 2. The topological polar surface area (TPSA) is 79.2 Å². The largest absolute Gasteiger partial charge is 0.396 e. The Hall–Kier alpha value is -2.34. The van der Waals surface area contributed by atoms with Gasteiger partial charge in [0.05, 0.1) is 12.8 Å². The van der Waals surface area contributed by atoms with E-state index in [1.807, 2.05) is 43.7 Å². The Labute approximate surface area is 135 Å². The maximum atomic E-state index is 11.8. The van der Waals surface area contributed by atoms with Gasteiger partial charge in [-0.2, -0.15) is 5.10 Å². The van der Waals surface area contributed by atoms with Crippen molar-refractivity contribution in [1.29, 1.82) is 0 Å². The second kappa shape index (κ2) is 6.42. The Morgan fingerprint density at radius 2 is 2.17 bits per heavy atom. The van der Waals surface area contributed by atoms with Gasteiger partial charge in [0.25, 0.3) is 0 Å². The lowest BCUT2D eigenvalue weighted by molar-refractivity contribution is 0.203. The van der Waals surface area contributed by atoms with E-state index in [1.165, 1.54) is 0 Å². The van der Waals surface area contributed by atoms with Crippen molar-refractivity contribution in [3.8, 4) is 11.1 Å². The average molecular weight is 314 g/mol. The number of aliphatic hydroxyl groups excluding tert-OH is 1. The van der Waals surface area contributed by atoms with E-state index in [9.17, 15) is 9.90 Å². The van der Waals surface area contributed by atoms with Gasteiger partial charge in [0.1, 0.15) is 0 Å². The van der Waals surface area contributed by atoms with Crippen molar-refractivity contribution in [3.63, 3.8) is 0 Å². The van der Waals surface area contributed by atoms with Gasteiger partial charge in [0.15, 0.2) is 0 Å². The molecule has 1 aromatic carbocycles. The molecule has 3 N–H and O–H groups in total. The van der Waals surface area contributed by atoms with Crippen molar-refractivity contribution in [1.82, 2.24) is 20.4 Å². The predicted octanol–water partition coefficient (Wildman–Crippen LogP) is 1.66. The molecule has 0 saturated heterocycles. The third kappa shape index (κ3) is 3.90. The molecular formula is C17H22N4O2. The third-order valence-electron chi connectivity index (χ3n) is 4.33. The lowest BCUT2D eigenvalue weighted by atomic mass is 10.1. The van der Waals surface area contributed by atoms with E-state index in [0.29, 0.717) is 13.1 Å². The first-order valence-electron chi connectivity index (χ1n) is 7.81. The molecule has 1 aromatic heterocycles. The number of nitrogens with one attached hydrogen (secondary N) is 2. The molecule has 1 fully saturated rings. The average Bonchev–Trinajstić information content (AvgIpc) is 3.24. The van der Waals surface area contributed by atoms with Gasteiger partial charge in [-0.05, 0) is 30.0 Å². The van der Waals surface area contributed by atoms with E-state index in [0.717, 1.165) is 29.5 Å². The van der Waals surface area contributed by atoms with E-state index < -0.39 is 0 Å².